The molecule has 0 aliphatic carbocycles. The molecule has 0 saturated carbocycles. The van der Waals surface area contributed by atoms with Crippen LogP contribution in [0.3, 0.4) is 0 Å². The Kier molecular flexibility index (Phi) is 5.06. The van der Waals surface area contributed by atoms with Crippen molar-refractivity contribution in [2.75, 3.05) is 17.0 Å². The predicted molar refractivity (Wildman–Crippen MR) is 72.3 cm³/mol. The molecule has 17 heavy (non-hydrogen) atoms. The molecule has 96 valence electrons. The van der Waals surface area contributed by atoms with Crippen LogP contribution in [0.15, 0.2) is 12.1 Å². The van der Waals surface area contributed by atoms with E-state index in [1.807, 2.05) is 0 Å². The number of nitrogens with one attached hydrogen (secondary N) is 1. The molecule has 0 saturated heterocycles. The first-order valence-corrected chi connectivity index (χ1v) is 7.43. The number of sulfonamides is 1. The van der Waals surface area contributed by atoms with Crippen molar-refractivity contribution >= 4 is 38.9 Å². The number of aryl methyl sites for hydroxylation is 1. The zero-order valence-corrected chi connectivity index (χ0v) is 11.7. The Morgan fingerprint density at radius 3 is 2.53 bits per heavy atom. The first-order valence-electron chi connectivity index (χ1n) is 5.02. The van der Waals surface area contributed by atoms with Crippen LogP contribution in [0, 0.1) is 6.92 Å². The highest BCUT2D eigenvalue weighted by atomic mass is 35.5. The summed E-state index contributed by atoms with van der Waals surface area (Å²) in [5.74, 6) is -0.0364. The van der Waals surface area contributed by atoms with E-state index < -0.39 is 10.0 Å². The molecule has 0 aromatic heterocycles. The number of nitrogens with two attached hydrogens (primary N) is 1. The molecule has 0 amide bonds. The van der Waals surface area contributed by atoms with Crippen molar-refractivity contribution in [2.45, 2.75) is 13.3 Å². The summed E-state index contributed by atoms with van der Waals surface area (Å²) >= 11 is 11.8. The van der Waals surface area contributed by atoms with Crippen LogP contribution in [0.25, 0.3) is 0 Å². The van der Waals surface area contributed by atoms with E-state index in [-0.39, 0.29) is 5.75 Å². The molecule has 3 N–H and O–H groups in total. The quantitative estimate of drug-likeness (QED) is 0.876. The molecule has 0 heterocycles. The van der Waals surface area contributed by atoms with Gasteiger partial charge in [0.25, 0.3) is 0 Å². The van der Waals surface area contributed by atoms with E-state index in [4.69, 9.17) is 28.9 Å². The first kappa shape index (κ1) is 14.6. The second-order valence-electron chi connectivity index (χ2n) is 3.64. The number of benzene rings is 1. The van der Waals surface area contributed by atoms with Crippen molar-refractivity contribution in [1.82, 2.24) is 0 Å². The molecule has 0 bridgehead atoms. The number of halogens is 2. The van der Waals surface area contributed by atoms with E-state index in [9.17, 15) is 8.42 Å². The Balaban J connectivity index is 2.92. The molecule has 1 rings (SSSR count). The van der Waals surface area contributed by atoms with Crippen LogP contribution in [0.5, 0.6) is 0 Å². The number of hydrogen-bond acceptors (Lipinski definition) is 3. The third kappa shape index (κ3) is 4.35. The molecule has 0 fully saturated rings. The highest BCUT2D eigenvalue weighted by molar-refractivity contribution is 7.92. The lowest BCUT2D eigenvalue weighted by Crippen LogP contribution is -2.19. The van der Waals surface area contributed by atoms with Gasteiger partial charge in [-0.1, -0.05) is 23.2 Å². The Bertz CT molecular complexity index is 503. The lowest BCUT2D eigenvalue weighted by atomic mass is 10.2. The van der Waals surface area contributed by atoms with E-state index in [2.05, 4.69) is 4.72 Å². The monoisotopic (exact) mass is 296 g/mol. The molecule has 4 nitrogen and oxygen atoms in total. The summed E-state index contributed by atoms with van der Waals surface area (Å²) in [5, 5.41) is 0.786. The van der Waals surface area contributed by atoms with Gasteiger partial charge in [-0.3, -0.25) is 4.72 Å². The normalized spacial score (nSPS) is 11.5. The average Bonchev–Trinajstić information content (AvgIpc) is 2.23. The average molecular weight is 297 g/mol. The Morgan fingerprint density at radius 1 is 1.29 bits per heavy atom. The highest BCUT2D eigenvalue weighted by Crippen LogP contribution is 2.29. The molecule has 1 aromatic rings. The fourth-order valence-corrected chi connectivity index (χ4v) is 2.85. The maximum absolute atomic E-state index is 11.6. The molecule has 0 aliphatic heterocycles. The van der Waals surface area contributed by atoms with E-state index >= 15 is 0 Å². The maximum atomic E-state index is 11.6. The van der Waals surface area contributed by atoms with Gasteiger partial charge in [0.1, 0.15) is 0 Å². The summed E-state index contributed by atoms with van der Waals surface area (Å²) in [5.41, 5.74) is 6.35. The summed E-state index contributed by atoms with van der Waals surface area (Å²) in [6.07, 6.45) is 0.395. The Labute approximate surface area is 111 Å². The summed E-state index contributed by atoms with van der Waals surface area (Å²) < 4.78 is 25.7. The van der Waals surface area contributed by atoms with Crippen LogP contribution in [0.2, 0.25) is 10.0 Å². The smallest absolute Gasteiger partial charge is 0.232 e. The molecule has 0 spiro atoms. The third-order valence-corrected chi connectivity index (χ3v) is 4.21. The predicted octanol–water partition coefficient (Wildman–Crippen LogP) is 2.39. The van der Waals surface area contributed by atoms with E-state index in [0.29, 0.717) is 28.7 Å². The van der Waals surface area contributed by atoms with Gasteiger partial charge in [-0.15, -0.1) is 0 Å². The highest BCUT2D eigenvalue weighted by Gasteiger charge is 2.13. The van der Waals surface area contributed by atoms with E-state index in [1.165, 1.54) is 6.07 Å². The lowest BCUT2D eigenvalue weighted by molar-refractivity contribution is 0.599. The van der Waals surface area contributed by atoms with Crippen LogP contribution in [-0.2, 0) is 10.0 Å². The Hall–Kier alpha value is -0.490. The topological polar surface area (TPSA) is 72.2 Å². The molecule has 1 aromatic carbocycles. The van der Waals surface area contributed by atoms with Gasteiger partial charge < -0.3 is 5.73 Å². The minimum absolute atomic E-state index is 0.0364. The van der Waals surface area contributed by atoms with E-state index in [1.54, 1.807) is 13.0 Å². The lowest BCUT2D eigenvalue weighted by Gasteiger charge is -2.10. The zero-order chi connectivity index (χ0) is 13.1. The van der Waals surface area contributed by atoms with Gasteiger partial charge in [0.2, 0.25) is 10.0 Å². The van der Waals surface area contributed by atoms with Crippen molar-refractivity contribution in [2.24, 2.45) is 5.73 Å². The van der Waals surface area contributed by atoms with Crippen LogP contribution in [-0.4, -0.2) is 20.7 Å². The standard InChI is InChI=1S/C10H14Cl2N2O2S/c1-7-5-9(12)10(6-8(7)11)14-17(15,16)4-2-3-13/h5-6,14H,2-4,13H2,1H3. The summed E-state index contributed by atoms with van der Waals surface area (Å²) in [7, 11) is -3.42. The van der Waals surface area contributed by atoms with Crippen LogP contribution < -0.4 is 10.5 Å². The molecule has 0 unspecified atom stereocenters. The van der Waals surface area contributed by atoms with Gasteiger partial charge in [-0.25, -0.2) is 8.42 Å². The molecular weight excluding hydrogens is 283 g/mol. The van der Waals surface area contributed by atoms with E-state index in [0.717, 1.165) is 5.56 Å². The third-order valence-electron chi connectivity index (χ3n) is 2.13. The molecule has 0 atom stereocenters. The minimum Gasteiger partial charge on any atom is -0.330 e. The fraction of sp³-hybridized carbons (Fsp3) is 0.400. The number of hydrogen-bond donors (Lipinski definition) is 2. The van der Waals surface area contributed by atoms with Crippen LogP contribution in [0.4, 0.5) is 5.69 Å². The van der Waals surface area contributed by atoms with Crippen molar-refractivity contribution in [3.8, 4) is 0 Å². The van der Waals surface area contributed by atoms with Gasteiger partial charge in [-0.2, -0.15) is 0 Å². The summed E-state index contributed by atoms with van der Waals surface area (Å²) in [6.45, 7) is 2.12. The van der Waals surface area contributed by atoms with Crippen molar-refractivity contribution in [1.29, 1.82) is 0 Å². The fourth-order valence-electron chi connectivity index (χ4n) is 1.22. The van der Waals surface area contributed by atoms with Crippen LogP contribution >= 0.6 is 23.2 Å². The molecule has 7 heteroatoms. The first-order chi connectivity index (χ1) is 7.85. The minimum atomic E-state index is -3.42. The van der Waals surface area contributed by atoms with Gasteiger partial charge in [0, 0.05) is 5.02 Å². The zero-order valence-electron chi connectivity index (χ0n) is 9.33. The van der Waals surface area contributed by atoms with Gasteiger partial charge >= 0.3 is 0 Å². The molecule has 0 radical (unpaired) electrons. The van der Waals surface area contributed by atoms with Gasteiger partial charge in [-0.05, 0) is 37.6 Å². The van der Waals surface area contributed by atoms with Crippen molar-refractivity contribution < 1.29 is 8.42 Å². The Morgan fingerprint density at radius 2 is 1.94 bits per heavy atom. The number of rotatable bonds is 5. The second kappa shape index (κ2) is 5.91. The maximum Gasteiger partial charge on any atom is 0.232 e. The van der Waals surface area contributed by atoms with Gasteiger partial charge in [0.05, 0.1) is 16.5 Å². The largest absolute Gasteiger partial charge is 0.330 e. The molecular formula is C10H14Cl2N2O2S. The summed E-state index contributed by atoms with van der Waals surface area (Å²) in [4.78, 5) is 0. The number of anilines is 1. The molecule has 0 aliphatic rings. The van der Waals surface area contributed by atoms with Crippen molar-refractivity contribution in [3.63, 3.8) is 0 Å². The summed E-state index contributed by atoms with van der Waals surface area (Å²) in [6, 6.07) is 3.11. The van der Waals surface area contributed by atoms with Crippen LogP contribution in [0.1, 0.15) is 12.0 Å². The van der Waals surface area contributed by atoms with Gasteiger partial charge in [0.15, 0.2) is 0 Å². The SMILES string of the molecule is Cc1cc(Cl)c(NS(=O)(=O)CCCN)cc1Cl. The van der Waals surface area contributed by atoms with Crippen molar-refractivity contribution in [3.05, 3.63) is 27.7 Å². The second-order valence-corrected chi connectivity index (χ2v) is 6.30.